The maximum Gasteiger partial charge on any atom is 0.145 e. The minimum atomic E-state index is 0.165. The molecule has 5 nitrogen and oxygen atoms in total. The fourth-order valence-electron chi connectivity index (χ4n) is 3.03. The van der Waals surface area contributed by atoms with E-state index in [0.29, 0.717) is 11.4 Å². The van der Waals surface area contributed by atoms with E-state index >= 15 is 0 Å². The summed E-state index contributed by atoms with van der Waals surface area (Å²) in [6, 6.07) is 15.8. The molecular weight excluding hydrogens is 300 g/mol. The highest BCUT2D eigenvalue weighted by Gasteiger charge is 2.31. The number of rotatable bonds is 3. The van der Waals surface area contributed by atoms with E-state index < -0.39 is 0 Å². The van der Waals surface area contributed by atoms with Crippen LogP contribution >= 0.6 is 0 Å². The smallest absolute Gasteiger partial charge is 0.145 e. The number of aliphatic hydroxyl groups excluding tert-OH is 1. The molecule has 3 N–H and O–H groups in total. The number of imidazole rings is 1. The standard InChI is InChI=1S/C19H18N4O/c1-2-12-7-9-13(10-8-12)23-11-16(24)17(18(23)20)19-21-14-5-3-4-6-15(14)22-19/h3-10,20,24H,2,11H2,1H3,(H,21,22). The van der Waals surface area contributed by atoms with E-state index in [1.807, 2.05) is 36.4 Å². The number of amidine groups is 1. The van der Waals surface area contributed by atoms with Gasteiger partial charge in [0.1, 0.15) is 17.4 Å². The molecule has 0 aliphatic carbocycles. The maximum absolute atomic E-state index is 10.4. The summed E-state index contributed by atoms with van der Waals surface area (Å²) in [5, 5.41) is 18.9. The zero-order valence-corrected chi connectivity index (χ0v) is 13.4. The second-order valence-corrected chi connectivity index (χ2v) is 5.88. The molecule has 1 aromatic heterocycles. The van der Waals surface area contributed by atoms with E-state index in [1.54, 1.807) is 4.90 Å². The summed E-state index contributed by atoms with van der Waals surface area (Å²) in [6.45, 7) is 2.40. The lowest BCUT2D eigenvalue weighted by Gasteiger charge is -2.18. The number of aromatic amines is 1. The summed E-state index contributed by atoms with van der Waals surface area (Å²) in [5.74, 6) is 0.959. The molecular formula is C19H18N4O. The van der Waals surface area contributed by atoms with E-state index in [1.165, 1.54) is 5.56 Å². The van der Waals surface area contributed by atoms with Crippen LogP contribution in [0.5, 0.6) is 0 Å². The van der Waals surface area contributed by atoms with Crippen LogP contribution in [0.2, 0.25) is 0 Å². The molecule has 0 radical (unpaired) electrons. The van der Waals surface area contributed by atoms with Crippen molar-refractivity contribution in [3.63, 3.8) is 0 Å². The van der Waals surface area contributed by atoms with Gasteiger partial charge in [-0.1, -0.05) is 31.2 Å². The third kappa shape index (κ3) is 2.25. The molecule has 0 unspecified atom stereocenters. The Labute approximate surface area is 139 Å². The van der Waals surface area contributed by atoms with Crippen molar-refractivity contribution in [3.8, 4) is 0 Å². The third-order valence-electron chi connectivity index (χ3n) is 4.39. The van der Waals surface area contributed by atoms with Crippen LogP contribution in [0.3, 0.4) is 0 Å². The number of hydrogen-bond acceptors (Lipinski definition) is 3. The molecule has 1 aliphatic heterocycles. The second kappa shape index (κ2) is 5.53. The number of aliphatic hydroxyl groups is 1. The maximum atomic E-state index is 10.4. The fourth-order valence-corrected chi connectivity index (χ4v) is 3.03. The van der Waals surface area contributed by atoms with Gasteiger partial charge in [-0.15, -0.1) is 0 Å². The molecule has 0 amide bonds. The molecule has 0 fully saturated rings. The number of benzene rings is 2. The van der Waals surface area contributed by atoms with E-state index in [9.17, 15) is 5.11 Å². The van der Waals surface area contributed by atoms with Gasteiger partial charge >= 0.3 is 0 Å². The lowest BCUT2D eigenvalue weighted by atomic mass is 10.1. The summed E-state index contributed by atoms with van der Waals surface area (Å²) in [6.07, 6.45) is 0.978. The van der Waals surface area contributed by atoms with Gasteiger partial charge in [0.15, 0.2) is 0 Å². The Bertz CT molecular complexity index is 920. The van der Waals surface area contributed by atoms with Crippen molar-refractivity contribution >= 4 is 28.1 Å². The number of fused-ring (bicyclic) bond motifs is 1. The van der Waals surface area contributed by atoms with E-state index in [0.717, 1.165) is 23.1 Å². The number of hydrogen-bond donors (Lipinski definition) is 3. The summed E-state index contributed by atoms with van der Waals surface area (Å²) in [4.78, 5) is 9.49. The highest BCUT2D eigenvalue weighted by molar-refractivity contribution is 6.30. The number of nitrogens with one attached hydrogen (secondary N) is 2. The van der Waals surface area contributed by atoms with E-state index in [2.05, 4.69) is 29.0 Å². The van der Waals surface area contributed by atoms with Crippen molar-refractivity contribution in [1.29, 1.82) is 5.41 Å². The molecule has 0 saturated heterocycles. The summed E-state index contributed by atoms with van der Waals surface area (Å²) in [5.41, 5.74) is 4.33. The van der Waals surface area contributed by atoms with E-state index in [-0.39, 0.29) is 18.1 Å². The van der Waals surface area contributed by atoms with Gasteiger partial charge in [0.05, 0.1) is 23.2 Å². The summed E-state index contributed by atoms with van der Waals surface area (Å²) in [7, 11) is 0. The Morgan fingerprint density at radius 2 is 1.92 bits per heavy atom. The zero-order valence-electron chi connectivity index (χ0n) is 13.4. The molecule has 0 atom stereocenters. The lowest BCUT2D eigenvalue weighted by Crippen LogP contribution is -2.26. The van der Waals surface area contributed by atoms with Crippen molar-refractivity contribution in [3.05, 3.63) is 65.7 Å². The SMILES string of the molecule is CCc1ccc(N2CC(O)=C(c3nc4ccccc4[nH]3)C2=N)cc1. The van der Waals surface area contributed by atoms with Gasteiger partial charge in [-0.25, -0.2) is 4.98 Å². The average Bonchev–Trinajstić information content (AvgIpc) is 3.15. The third-order valence-corrected chi connectivity index (χ3v) is 4.39. The number of aromatic nitrogens is 2. The largest absolute Gasteiger partial charge is 0.509 e. The molecule has 120 valence electrons. The minimum Gasteiger partial charge on any atom is -0.509 e. The van der Waals surface area contributed by atoms with Gasteiger partial charge in [0, 0.05) is 5.69 Å². The normalized spacial score (nSPS) is 14.9. The molecule has 4 rings (SSSR count). The zero-order chi connectivity index (χ0) is 16.7. The molecule has 5 heteroatoms. The van der Waals surface area contributed by atoms with Crippen LogP contribution in [-0.2, 0) is 6.42 Å². The molecule has 2 heterocycles. The van der Waals surface area contributed by atoms with Crippen LogP contribution in [0.25, 0.3) is 16.6 Å². The predicted octanol–water partition coefficient (Wildman–Crippen LogP) is 3.89. The molecule has 0 bridgehead atoms. The second-order valence-electron chi connectivity index (χ2n) is 5.88. The van der Waals surface area contributed by atoms with Crippen LogP contribution in [0.15, 0.2) is 54.3 Å². The van der Waals surface area contributed by atoms with Gasteiger partial charge < -0.3 is 15.0 Å². The van der Waals surface area contributed by atoms with Crippen molar-refractivity contribution in [2.75, 3.05) is 11.4 Å². The Hall–Kier alpha value is -3.08. The van der Waals surface area contributed by atoms with Crippen LogP contribution < -0.4 is 4.90 Å². The summed E-state index contributed by atoms with van der Waals surface area (Å²) >= 11 is 0. The molecule has 24 heavy (non-hydrogen) atoms. The monoisotopic (exact) mass is 318 g/mol. The van der Waals surface area contributed by atoms with Crippen LogP contribution in [0.4, 0.5) is 5.69 Å². The highest BCUT2D eigenvalue weighted by Crippen LogP contribution is 2.30. The fraction of sp³-hybridized carbons (Fsp3) is 0.158. The number of anilines is 1. The first-order valence-electron chi connectivity index (χ1n) is 8.00. The number of aryl methyl sites for hydroxylation is 1. The quantitative estimate of drug-likeness (QED) is 0.685. The molecule has 0 saturated carbocycles. The van der Waals surface area contributed by atoms with Crippen molar-refractivity contribution in [2.24, 2.45) is 0 Å². The molecule has 2 aromatic carbocycles. The Morgan fingerprint density at radius 1 is 1.17 bits per heavy atom. The van der Waals surface area contributed by atoms with Gasteiger partial charge in [-0.3, -0.25) is 5.41 Å². The number of para-hydroxylation sites is 2. The van der Waals surface area contributed by atoms with Crippen molar-refractivity contribution in [1.82, 2.24) is 9.97 Å². The first kappa shape index (κ1) is 14.5. The first-order chi connectivity index (χ1) is 11.7. The van der Waals surface area contributed by atoms with Gasteiger partial charge in [-0.2, -0.15) is 0 Å². The predicted molar refractivity (Wildman–Crippen MR) is 96.5 cm³/mol. The van der Waals surface area contributed by atoms with E-state index in [4.69, 9.17) is 5.41 Å². The van der Waals surface area contributed by atoms with Gasteiger partial charge in [0.2, 0.25) is 0 Å². The van der Waals surface area contributed by atoms with Crippen molar-refractivity contribution in [2.45, 2.75) is 13.3 Å². The van der Waals surface area contributed by atoms with Crippen LogP contribution in [-0.4, -0.2) is 27.5 Å². The number of nitrogens with zero attached hydrogens (tertiary/aromatic N) is 2. The Morgan fingerprint density at radius 3 is 2.62 bits per heavy atom. The number of H-pyrrole nitrogens is 1. The van der Waals surface area contributed by atoms with Crippen LogP contribution in [0.1, 0.15) is 18.3 Å². The van der Waals surface area contributed by atoms with Crippen molar-refractivity contribution < 1.29 is 5.11 Å². The minimum absolute atomic E-state index is 0.165. The van der Waals surface area contributed by atoms with Gasteiger partial charge in [-0.05, 0) is 36.2 Å². The first-order valence-corrected chi connectivity index (χ1v) is 8.00. The Balaban J connectivity index is 1.69. The average molecular weight is 318 g/mol. The highest BCUT2D eigenvalue weighted by atomic mass is 16.3. The van der Waals surface area contributed by atoms with Gasteiger partial charge in [0.25, 0.3) is 0 Å². The van der Waals surface area contributed by atoms with Crippen LogP contribution in [0, 0.1) is 5.41 Å². The topological polar surface area (TPSA) is 76.0 Å². The summed E-state index contributed by atoms with van der Waals surface area (Å²) < 4.78 is 0. The molecule has 3 aromatic rings. The lowest BCUT2D eigenvalue weighted by molar-refractivity contribution is 0.411. The molecule has 0 spiro atoms. The molecule has 1 aliphatic rings. The Kier molecular flexibility index (Phi) is 3.34.